The number of rotatable bonds is 5. The SMILES string of the molecule is C=CCSc1ccccc1NC(=O)C1(C)COCC1N. The predicted octanol–water partition coefficient (Wildman–Crippen LogP) is 2.27. The molecule has 20 heavy (non-hydrogen) atoms. The first-order valence-electron chi connectivity index (χ1n) is 6.55. The molecule has 1 heterocycles. The lowest BCUT2D eigenvalue weighted by molar-refractivity contribution is -0.125. The smallest absolute Gasteiger partial charge is 0.234 e. The van der Waals surface area contributed by atoms with Crippen molar-refractivity contribution in [3.63, 3.8) is 0 Å². The number of hydrogen-bond acceptors (Lipinski definition) is 4. The summed E-state index contributed by atoms with van der Waals surface area (Å²) in [5, 5.41) is 2.98. The number of nitrogens with two attached hydrogens (primary N) is 1. The summed E-state index contributed by atoms with van der Waals surface area (Å²) in [5.41, 5.74) is 6.12. The summed E-state index contributed by atoms with van der Waals surface area (Å²) in [4.78, 5) is 13.5. The van der Waals surface area contributed by atoms with Crippen molar-refractivity contribution < 1.29 is 9.53 Å². The maximum atomic E-state index is 12.5. The van der Waals surface area contributed by atoms with Crippen molar-refractivity contribution in [3.05, 3.63) is 36.9 Å². The van der Waals surface area contributed by atoms with Gasteiger partial charge in [0.2, 0.25) is 5.91 Å². The van der Waals surface area contributed by atoms with E-state index >= 15 is 0 Å². The molecule has 1 fully saturated rings. The van der Waals surface area contributed by atoms with Crippen LogP contribution in [0.3, 0.4) is 0 Å². The van der Waals surface area contributed by atoms with Gasteiger partial charge in [0.25, 0.3) is 0 Å². The molecule has 1 aromatic rings. The van der Waals surface area contributed by atoms with Gasteiger partial charge in [-0.3, -0.25) is 4.79 Å². The van der Waals surface area contributed by atoms with Crippen molar-refractivity contribution in [2.75, 3.05) is 24.3 Å². The number of carbonyl (C=O) groups is 1. The Bertz CT molecular complexity index is 506. The third-order valence-electron chi connectivity index (χ3n) is 3.53. The molecule has 0 radical (unpaired) electrons. The Kier molecular flexibility index (Phi) is 4.86. The zero-order chi connectivity index (χ0) is 14.6. The lowest BCUT2D eigenvalue weighted by Gasteiger charge is -2.26. The van der Waals surface area contributed by atoms with Gasteiger partial charge in [0.05, 0.1) is 24.3 Å². The van der Waals surface area contributed by atoms with Crippen LogP contribution in [0.15, 0.2) is 41.8 Å². The van der Waals surface area contributed by atoms with Crippen LogP contribution in [0.1, 0.15) is 6.92 Å². The lowest BCUT2D eigenvalue weighted by atomic mass is 9.85. The van der Waals surface area contributed by atoms with Crippen LogP contribution in [0, 0.1) is 5.41 Å². The van der Waals surface area contributed by atoms with Gasteiger partial charge >= 0.3 is 0 Å². The molecule has 2 rings (SSSR count). The van der Waals surface area contributed by atoms with Gasteiger partial charge in [0.1, 0.15) is 0 Å². The number of nitrogens with one attached hydrogen (secondary N) is 1. The summed E-state index contributed by atoms with van der Waals surface area (Å²) in [6, 6.07) is 7.47. The van der Waals surface area contributed by atoms with Crippen molar-refractivity contribution in [1.82, 2.24) is 0 Å². The average molecular weight is 292 g/mol. The van der Waals surface area contributed by atoms with Gasteiger partial charge in [-0.15, -0.1) is 18.3 Å². The summed E-state index contributed by atoms with van der Waals surface area (Å²) in [6.07, 6.45) is 1.84. The van der Waals surface area contributed by atoms with Crippen LogP contribution < -0.4 is 11.1 Å². The first kappa shape index (κ1) is 15.1. The first-order valence-corrected chi connectivity index (χ1v) is 7.54. The minimum atomic E-state index is -0.670. The number of para-hydroxylation sites is 1. The molecule has 3 N–H and O–H groups in total. The largest absolute Gasteiger partial charge is 0.379 e. The van der Waals surface area contributed by atoms with E-state index in [9.17, 15) is 4.79 Å². The van der Waals surface area contributed by atoms with E-state index in [4.69, 9.17) is 10.5 Å². The van der Waals surface area contributed by atoms with E-state index in [1.165, 1.54) is 0 Å². The van der Waals surface area contributed by atoms with E-state index in [0.717, 1.165) is 16.3 Å². The molecule has 0 spiro atoms. The molecule has 1 aliphatic heterocycles. The second-order valence-corrected chi connectivity index (χ2v) is 6.15. The van der Waals surface area contributed by atoms with Crippen LogP contribution >= 0.6 is 11.8 Å². The van der Waals surface area contributed by atoms with Gasteiger partial charge in [0, 0.05) is 16.7 Å². The molecule has 1 saturated heterocycles. The summed E-state index contributed by atoms with van der Waals surface area (Å²) in [6.45, 7) is 6.35. The molecule has 1 amide bonds. The summed E-state index contributed by atoms with van der Waals surface area (Å²) < 4.78 is 5.32. The Labute approximate surface area is 123 Å². The molecule has 0 aliphatic carbocycles. The summed E-state index contributed by atoms with van der Waals surface area (Å²) in [7, 11) is 0. The minimum absolute atomic E-state index is 0.0887. The zero-order valence-corrected chi connectivity index (χ0v) is 12.4. The fraction of sp³-hybridized carbons (Fsp3) is 0.400. The molecule has 1 aliphatic rings. The van der Waals surface area contributed by atoms with Gasteiger partial charge in [-0.05, 0) is 19.1 Å². The average Bonchev–Trinajstić information content (AvgIpc) is 2.79. The van der Waals surface area contributed by atoms with Gasteiger partial charge in [0.15, 0.2) is 0 Å². The number of amides is 1. The number of benzene rings is 1. The predicted molar refractivity (Wildman–Crippen MR) is 82.9 cm³/mol. The third-order valence-corrected chi connectivity index (χ3v) is 4.60. The van der Waals surface area contributed by atoms with Crippen molar-refractivity contribution in [3.8, 4) is 0 Å². The van der Waals surface area contributed by atoms with E-state index < -0.39 is 5.41 Å². The normalized spacial score (nSPS) is 25.4. The zero-order valence-electron chi connectivity index (χ0n) is 11.6. The fourth-order valence-corrected chi connectivity index (χ4v) is 2.78. The monoisotopic (exact) mass is 292 g/mol. The molecule has 0 bridgehead atoms. The number of hydrogen-bond donors (Lipinski definition) is 2. The quantitative estimate of drug-likeness (QED) is 0.645. The van der Waals surface area contributed by atoms with E-state index in [1.807, 2.05) is 37.3 Å². The summed E-state index contributed by atoms with van der Waals surface area (Å²) in [5.74, 6) is 0.710. The van der Waals surface area contributed by atoms with Crippen LogP contribution in [0.2, 0.25) is 0 Å². The van der Waals surface area contributed by atoms with E-state index in [1.54, 1.807) is 11.8 Å². The molecular weight excluding hydrogens is 272 g/mol. The summed E-state index contributed by atoms with van der Waals surface area (Å²) >= 11 is 1.64. The number of anilines is 1. The Morgan fingerprint density at radius 3 is 3.05 bits per heavy atom. The molecule has 0 saturated carbocycles. The van der Waals surface area contributed by atoms with E-state index in [2.05, 4.69) is 11.9 Å². The molecule has 2 unspecified atom stereocenters. The van der Waals surface area contributed by atoms with Crippen LogP contribution in [0.4, 0.5) is 5.69 Å². The highest BCUT2D eigenvalue weighted by atomic mass is 32.2. The highest BCUT2D eigenvalue weighted by Gasteiger charge is 2.44. The third kappa shape index (κ3) is 3.06. The highest BCUT2D eigenvalue weighted by Crippen LogP contribution is 2.32. The standard InChI is InChI=1S/C15H20N2O2S/c1-3-8-20-12-7-5-4-6-11(12)17-14(18)15(2)10-19-9-13(15)16/h3-7,13H,1,8-10,16H2,2H3,(H,17,18). The second kappa shape index (κ2) is 6.43. The fourth-order valence-electron chi connectivity index (χ4n) is 2.03. The highest BCUT2D eigenvalue weighted by molar-refractivity contribution is 7.99. The molecule has 5 heteroatoms. The van der Waals surface area contributed by atoms with Gasteiger partial charge in [-0.25, -0.2) is 0 Å². The van der Waals surface area contributed by atoms with Crippen LogP contribution in [-0.4, -0.2) is 30.9 Å². The first-order chi connectivity index (χ1) is 9.58. The van der Waals surface area contributed by atoms with E-state index in [0.29, 0.717) is 13.2 Å². The van der Waals surface area contributed by atoms with Gasteiger partial charge in [-0.2, -0.15) is 0 Å². The Morgan fingerprint density at radius 1 is 1.65 bits per heavy atom. The molecule has 108 valence electrons. The maximum Gasteiger partial charge on any atom is 0.234 e. The van der Waals surface area contributed by atoms with Crippen LogP contribution in [0.5, 0.6) is 0 Å². The molecule has 1 aromatic carbocycles. The Balaban J connectivity index is 2.13. The van der Waals surface area contributed by atoms with Crippen molar-refractivity contribution in [2.24, 2.45) is 11.1 Å². The van der Waals surface area contributed by atoms with Gasteiger partial charge < -0.3 is 15.8 Å². The molecule has 4 nitrogen and oxygen atoms in total. The van der Waals surface area contributed by atoms with E-state index in [-0.39, 0.29) is 11.9 Å². The Hall–Kier alpha value is -1.30. The topological polar surface area (TPSA) is 64.3 Å². The molecule has 2 atom stereocenters. The van der Waals surface area contributed by atoms with Gasteiger partial charge in [-0.1, -0.05) is 18.2 Å². The number of thioether (sulfide) groups is 1. The van der Waals surface area contributed by atoms with Crippen molar-refractivity contribution in [2.45, 2.75) is 17.9 Å². The second-order valence-electron chi connectivity index (χ2n) is 5.09. The van der Waals surface area contributed by atoms with Crippen molar-refractivity contribution in [1.29, 1.82) is 0 Å². The molecule has 0 aromatic heterocycles. The van der Waals surface area contributed by atoms with Crippen molar-refractivity contribution >= 4 is 23.4 Å². The lowest BCUT2D eigenvalue weighted by Crippen LogP contribution is -2.47. The van der Waals surface area contributed by atoms with Crippen LogP contribution in [0.25, 0.3) is 0 Å². The Morgan fingerprint density at radius 2 is 2.40 bits per heavy atom. The molecular formula is C15H20N2O2S. The number of carbonyl (C=O) groups excluding carboxylic acids is 1. The van der Waals surface area contributed by atoms with Crippen LogP contribution in [-0.2, 0) is 9.53 Å². The number of ether oxygens (including phenoxy) is 1. The maximum absolute atomic E-state index is 12.5. The minimum Gasteiger partial charge on any atom is -0.379 e.